The monoisotopic (exact) mass is 248 g/mol. The first-order valence-electron chi connectivity index (χ1n) is 6.07. The van der Waals surface area contributed by atoms with Gasteiger partial charge in [0.1, 0.15) is 9.84 Å². The van der Waals surface area contributed by atoms with Gasteiger partial charge in [0.15, 0.2) is 0 Å². The molecule has 2 atom stereocenters. The largest absolute Gasteiger partial charge is 0.327 e. The summed E-state index contributed by atoms with van der Waals surface area (Å²) in [5.41, 5.74) is 5.96. The van der Waals surface area contributed by atoms with Crippen LogP contribution in [0.15, 0.2) is 0 Å². The van der Waals surface area contributed by atoms with E-state index < -0.39 is 9.84 Å². The predicted octanol–water partition coefficient (Wildman–Crippen LogP) is 0.623. The molecule has 96 valence electrons. The van der Waals surface area contributed by atoms with Crippen LogP contribution in [0.2, 0.25) is 0 Å². The van der Waals surface area contributed by atoms with Gasteiger partial charge in [0.2, 0.25) is 0 Å². The Morgan fingerprint density at radius 1 is 1.44 bits per heavy atom. The average molecular weight is 248 g/mol. The van der Waals surface area contributed by atoms with E-state index in [1.165, 1.54) is 19.1 Å². The maximum absolute atomic E-state index is 11.0. The second-order valence-corrected chi connectivity index (χ2v) is 7.20. The molecule has 1 fully saturated rings. The molecule has 0 spiro atoms. The van der Waals surface area contributed by atoms with Gasteiger partial charge in [0.25, 0.3) is 0 Å². The Kier molecular flexibility index (Phi) is 5.21. The van der Waals surface area contributed by atoms with Crippen LogP contribution in [-0.2, 0) is 9.84 Å². The molecule has 16 heavy (non-hydrogen) atoms. The highest BCUT2D eigenvalue weighted by molar-refractivity contribution is 7.90. The molecular formula is C11H24N2O2S. The normalized spacial score (nSPS) is 25.6. The highest BCUT2D eigenvalue weighted by Crippen LogP contribution is 2.19. The zero-order valence-electron chi connectivity index (χ0n) is 10.4. The first-order valence-corrected chi connectivity index (χ1v) is 8.13. The molecule has 0 amide bonds. The maximum Gasteiger partial charge on any atom is 0.147 e. The lowest BCUT2D eigenvalue weighted by Crippen LogP contribution is -2.49. The van der Waals surface area contributed by atoms with Gasteiger partial charge >= 0.3 is 0 Å². The second-order valence-electron chi connectivity index (χ2n) is 4.94. The number of sulfone groups is 1. The molecule has 0 aromatic rings. The Bertz CT molecular complexity index is 301. The summed E-state index contributed by atoms with van der Waals surface area (Å²) in [7, 11) is -2.82. The van der Waals surface area contributed by atoms with Crippen LogP contribution >= 0.6 is 0 Å². The Morgan fingerprint density at radius 3 is 2.69 bits per heavy atom. The highest BCUT2D eigenvalue weighted by Gasteiger charge is 2.24. The molecule has 0 aliphatic carbocycles. The van der Waals surface area contributed by atoms with E-state index in [1.54, 1.807) is 0 Å². The Balaban J connectivity index is 2.38. The summed E-state index contributed by atoms with van der Waals surface area (Å²) in [5.74, 6) is 0.287. The molecule has 1 heterocycles. The molecule has 2 N–H and O–H groups in total. The summed E-state index contributed by atoms with van der Waals surface area (Å²) >= 11 is 0. The number of nitrogens with zero attached hydrogens (tertiary/aromatic N) is 1. The summed E-state index contributed by atoms with van der Waals surface area (Å²) in [6, 6.07) is 0.617. The Morgan fingerprint density at radius 2 is 2.12 bits per heavy atom. The van der Waals surface area contributed by atoms with Crippen molar-refractivity contribution < 1.29 is 8.42 Å². The van der Waals surface area contributed by atoms with Gasteiger partial charge in [-0.15, -0.1) is 0 Å². The zero-order valence-corrected chi connectivity index (χ0v) is 11.2. The number of hydrogen-bond acceptors (Lipinski definition) is 4. The van der Waals surface area contributed by atoms with Gasteiger partial charge < -0.3 is 5.73 Å². The van der Waals surface area contributed by atoms with Crippen molar-refractivity contribution in [3.05, 3.63) is 0 Å². The van der Waals surface area contributed by atoms with Gasteiger partial charge in [0.05, 0.1) is 5.75 Å². The van der Waals surface area contributed by atoms with E-state index in [-0.39, 0.29) is 11.8 Å². The molecule has 5 heteroatoms. The first-order chi connectivity index (χ1) is 7.40. The maximum atomic E-state index is 11.0. The van der Waals surface area contributed by atoms with Gasteiger partial charge in [0, 0.05) is 18.3 Å². The van der Waals surface area contributed by atoms with Gasteiger partial charge in [-0.3, -0.25) is 4.90 Å². The minimum atomic E-state index is -2.82. The first kappa shape index (κ1) is 13.9. The second kappa shape index (κ2) is 5.98. The van der Waals surface area contributed by atoms with Crippen LogP contribution in [0.5, 0.6) is 0 Å². The van der Waals surface area contributed by atoms with Crippen molar-refractivity contribution in [1.29, 1.82) is 0 Å². The predicted molar refractivity (Wildman–Crippen MR) is 67.2 cm³/mol. The van der Waals surface area contributed by atoms with Gasteiger partial charge in [-0.05, 0) is 39.3 Å². The highest BCUT2D eigenvalue weighted by atomic mass is 32.2. The number of hydrogen-bond donors (Lipinski definition) is 1. The minimum absolute atomic E-state index is 0.179. The fourth-order valence-corrected chi connectivity index (χ4v) is 3.07. The van der Waals surface area contributed by atoms with Crippen LogP contribution in [-0.4, -0.2) is 50.5 Å². The summed E-state index contributed by atoms with van der Waals surface area (Å²) in [6.45, 7) is 3.97. The number of likely N-dealkylation sites (tertiary alicyclic amines) is 1. The van der Waals surface area contributed by atoms with E-state index in [1.807, 2.05) is 6.92 Å². The molecule has 1 saturated heterocycles. The van der Waals surface area contributed by atoms with Crippen LogP contribution in [0.4, 0.5) is 0 Å². The molecule has 1 aliphatic heterocycles. The van der Waals surface area contributed by atoms with Crippen LogP contribution in [0.3, 0.4) is 0 Å². The van der Waals surface area contributed by atoms with E-state index >= 15 is 0 Å². The van der Waals surface area contributed by atoms with Crippen LogP contribution in [0.1, 0.15) is 32.6 Å². The lowest BCUT2D eigenvalue weighted by molar-refractivity contribution is 0.131. The molecule has 0 aromatic heterocycles. The third-order valence-corrected chi connectivity index (χ3v) is 4.26. The fraction of sp³-hybridized carbons (Fsp3) is 1.00. The number of rotatable bonds is 5. The van der Waals surface area contributed by atoms with Gasteiger partial charge in [-0.2, -0.15) is 0 Å². The summed E-state index contributed by atoms with van der Waals surface area (Å²) < 4.78 is 22.1. The Labute approximate surface area is 99.1 Å². The lowest BCUT2D eigenvalue weighted by atomic mass is 9.97. The average Bonchev–Trinajstić information content (AvgIpc) is 2.16. The molecule has 0 bridgehead atoms. The van der Waals surface area contributed by atoms with Gasteiger partial charge in [-0.25, -0.2) is 8.42 Å². The lowest BCUT2D eigenvalue weighted by Gasteiger charge is -2.38. The third kappa shape index (κ3) is 4.80. The van der Waals surface area contributed by atoms with E-state index in [2.05, 4.69) is 4.90 Å². The molecule has 4 nitrogen and oxygen atoms in total. The summed E-state index contributed by atoms with van der Waals surface area (Å²) in [6.07, 6.45) is 5.63. The number of nitrogens with two attached hydrogens (primary N) is 1. The van der Waals surface area contributed by atoms with E-state index in [0.717, 1.165) is 25.9 Å². The molecule has 1 aliphatic rings. The molecular weight excluding hydrogens is 224 g/mol. The van der Waals surface area contributed by atoms with Crippen LogP contribution < -0.4 is 5.73 Å². The molecule has 2 unspecified atom stereocenters. The smallest absolute Gasteiger partial charge is 0.147 e. The SMILES string of the molecule is CC(N)C1CCCCN1CCCS(C)(=O)=O. The van der Waals surface area contributed by atoms with Crippen molar-refractivity contribution in [3.63, 3.8) is 0 Å². The summed E-state index contributed by atoms with van der Waals surface area (Å²) in [5, 5.41) is 0. The van der Waals surface area contributed by atoms with Crippen molar-refractivity contribution in [3.8, 4) is 0 Å². The minimum Gasteiger partial charge on any atom is -0.327 e. The molecule has 0 saturated carbocycles. The zero-order chi connectivity index (χ0) is 12.2. The van der Waals surface area contributed by atoms with Crippen LogP contribution in [0, 0.1) is 0 Å². The summed E-state index contributed by atoms with van der Waals surface area (Å²) in [4.78, 5) is 2.36. The standard InChI is InChI=1S/C11H24N2O2S/c1-10(12)11-6-3-4-7-13(11)8-5-9-16(2,14)15/h10-11H,3-9,12H2,1-2H3. The van der Waals surface area contributed by atoms with E-state index in [4.69, 9.17) is 5.73 Å². The quantitative estimate of drug-likeness (QED) is 0.775. The number of piperidine rings is 1. The van der Waals surface area contributed by atoms with Crippen molar-refractivity contribution in [2.45, 2.75) is 44.7 Å². The van der Waals surface area contributed by atoms with Crippen molar-refractivity contribution in [1.82, 2.24) is 4.90 Å². The van der Waals surface area contributed by atoms with E-state index in [0.29, 0.717) is 6.04 Å². The van der Waals surface area contributed by atoms with Crippen molar-refractivity contribution >= 4 is 9.84 Å². The topological polar surface area (TPSA) is 63.4 Å². The van der Waals surface area contributed by atoms with E-state index in [9.17, 15) is 8.42 Å². The Hall–Kier alpha value is -0.130. The van der Waals surface area contributed by atoms with Crippen molar-refractivity contribution in [2.75, 3.05) is 25.1 Å². The molecule has 0 radical (unpaired) electrons. The fourth-order valence-electron chi connectivity index (χ4n) is 2.42. The molecule has 1 rings (SSSR count). The van der Waals surface area contributed by atoms with Crippen LogP contribution in [0.25, 0.3) is 0 Å². The third-order valence-electron chi connectivity index (χ3n) is 3.23. The van der Waals surface area contributed by atoms with Crippen molar-refractivity contribution in [2.24, 2.45) is 5.73 Å². The van der Waals surface area contributed by atoms with Gasteiger partial charge in [-0.1, -0.05) is 6.42 Å². The molecule has 0 aromatic carbocycles.